The second-order valence-electron chi connectivity index (χ2n) is 2.46. The Morgan fingerprint density at radius 1 is 1.83 bits per heavy atom. The molecule has 0 spiro atoms. The summed E-state index contributed by atoms with van der Waals surface area (Å²) in [7, 11) is 0. The van der Waals surface area contributed by atoms with Crippen molar-refractivity contribution in [2.45, 2.75) is 11.8 Å². The molecule has 0 aromatic heterocycles. The number of aliphatic hydroxyl groups is 1. The highest BCUT2D eigenvalue weighted by molar-refractivity contribution is 6.30. The Hall–Kier alpha value is -0.910. The topological polar surface area (TPSA) is 89.4 Å². The van der Waals surface area contributed by atoms with Gasteiger partial charge in [0.05, 0.1) is 5.03 Å². The molecular formula is C6H7ClN2O3. The van der Waals surface area contributed by atoms with Gasteiger partial charge in [-0.2, -0.15) is 0 Å². The molecule has 0 aromatic rings. The van der Waals surface area contributed by atoms with Crippen LogP contribution >= 0.6 is 11.6 Å². The van der Waals surface area contributed by atoms with E-state index in [-0.39, 0.29) is 5.03 Å². The molecule has 6 heteroatoms. The maximum Gasteiger partial charge on any atom is 0.322 e. The summed E-state index contributed by atoms with van der Waals surface area (Å²) < 4.78 is 0. The molecule has 0 saturated heterocycles. The van der Waals surface area contributed by atoms with E-state index in [1.165, 1.54) is 12.2 Å². The SMILES string of the molecule is NC1([N+](=O)[O-])C=CC=C(Cl)C1O. The molecule has 0 aliphatic heterocycles. The highest BCUT2D eigenvalue weighted by Gasteiger charge is 2.46. The first kappa shape index (κ1) is 9.18. The molecule has 0 saturated carbocycles. The molecule has 66 valence electrons. The van der Waals surface area contributed by atoms with Gasteiger partial charge in [0.25, 0.3) is 0 Å². The summed E-state index contributed by atoms with van der Waals surface area (Å²) in [6.45, 7) is 0. The van der Waals surface area contributed by atoms with Gasteiger partial charge >= 0.3 is 5.66 Å². The van der Waals surface area contributed by atoms with Crippen molar-refractivity contribution in [1.29, 1.82) is 0 Å². The van der Waals surface area contributed by atoms with Crippen molar-refractivity contribution in [3.63, 3.8) is 0 Å². The zero-order chi connectivity index (χ0) is 9.35. The molecule has 3 N–H and O–H groups in total. The smallest absolute Gasteiger partial charge is 0.322 e. The summed E-state index contributed by atoms with van der Waals surface area (Å²) in [4.78, 5) is 9.64. The lowest BCUT2D eigenvalue weighted by Crippen LogP contribution is -2.56. The Morgan fingerprint density at radius 3 is 2.83 bits per heavy atom. The van der Waals surface area contributed by atoms with Crippen LogP contribution in [0.5, 0.6) is 0 Å². The van der Waals surface area contributed by atoms with E-state index in [9.17, 15) is 15.2 Å². The average Bonchev–Trinajstić information content (AvgIpc) is 2.00. The summed E-state index contributed by atoms with van der Waals surface area (Å²) in [5.41, 5.74) is 3.28. The predicted molar refractivity (Wildman–Crippen MR) is 43.0 cm³/mol. The van der Waals surface area contributed by atoms with Crippen molar-refractivity contribution in [1.82, 2.24) is 0 Å². The van der Waals surface area contributed by atoms with Gasteiger partial charge in [0.1, 0.15) is 0 Å². The van der Waals surface area contributed by atoms with Crippen LogP contribution in [0.25, 0.3) is 0 Å². The van der Waals surface area contributed by atoms with Gasteiger partial charge in [0, 0.05) is 11.0 Å². The quantitative estimate of drug-likeness (QED) is 0.345. The number of halogens is 1. The highest BCUT2D eigenvalue weighted by Crippen LogP contribution is 2.24. The van der Waals surface area contributed by atoms with Gasteiger partial charge in [-0.25, -0.2) is 0 Å². The van der Waals surface area contributed by atoms with Crippen LogP contribution in [-0.2, 0) is 0 Å². The third-order valence-corrected chi connectivity index (χ3v) is 1.97. The number of allylic oxidation sites excluding steroid dienone is 2. The number of rotatable bonds is 1. The number of nitrogens with zero attached hydrogens (tertiary/aromatic N) is 1. The Labute approximate surface area is 73.3 Å². The van der Waals surface area contributed by atoms with Gasteiger partial charge in [0.15, 0.2) is 6.10 Å². The molecular weight excluding hydrogens is 184 g/mol. The summed E-state index contributed by atoms with van der Waals surface area (Å²) in [6, 6.07) is 0. The lowest BCUT2D eigenvalue weighted by molar-refractivity contribution is -0.564. The van der Waals surface area contributed by atoms with Gasteiger partial charge < -0.3 is 5.11 Å². The van der Waals surface area contributed by atoms with Gasteiger partial charge in [-0.15, -0.1) is 0 Å². The molecule has 0 amide bonds. The van der Waals surface area contributed by atoms with Crippen LogP contribution in [-0.4, -0.2) is 21.8 Å². The molecule has 0 bridgehead atoms. The summed E-state index contributed by atoms with van der Waals surface area (Å²) in [6.07, 6.45) is 2.33. The number of hydrogen-bond acceptors (Lipinski definition) is 4. The minimum atomic E-state index is -1.99. The maximum absolute atomic E-state index is 10.4. The fourth-order valence-corrected chi connectivity index (χ4v) is 1.11. The zero-order valence-electron chi connectivity index (χ0n) is 5.98. The minimum absolute atomic E-state index is 0.0308. The lowest BCUT2D eigenvalue weighted by atomic mass is 9.99. The maximum atomic E-state index is 10.4. The number of aliphatic hydroxyl groups excluding tert-OH is 1. The molecule has 0 radical (unpaired) electrons. The van der Waals surface area contributed by atoms with Crippen LogP contribution in [0, 0.1) is 10.1 Å². The summed E-state index contributed by atoms with van der Waals surface area (Å²) in [5.74, 6) is 0. The Morgan fingerprint density at radius 2 is 2.42 bits per heavy atom. The number of hydrogen-bond donors (Lipinski definition) is 2. The molecule has 2 atom stereocenters. The Kier molecular flexibility index (Phi) is 2.18. The van der Waals surface area contributed by atoms with Gasteiger partial charge in [0.2, 0.25) is 0 Å². The van der Waals surface area contributed by atoms with E-state index in [0.29, 0.717) is 0 Å². The fourth-order valence-electron chi connectivity index (χ4n) is 0.858. The monoisotopic (exact) mass is 190 g/mol. The van der Waals surface area contributed by atoms with Crippen molar-refractivity contribution in [3.8, 4) is 0 Å². The lowest BCUT2D eigenvalue weighted by Gasteiger charge is -2.24. The van der Waals surface area contributed by atoms with Crippen LogP contribution in [0.4, 0.5) is 0 Å². The largest absolute Gasteiger partial charge is 0.379 e. The fraction of sp³-hybridized carbons (Fsp3) is 0.333. The molecule has 12 heavy (non-hydrogen) atoms. The van der Waals surface area contributed by atoms with E-state index in [4.69, 9.17) is 17.3 Å². The van der Waals surface area contributed by atoms with Crippen molar-refractivity contribution in [2.24, 2.45) is 5.73 Å². The van der Waals surface area contributed by atoms with Crippen LogP contribution < -0.4 is 5.73 Å². The van der Waals surface area contributed by atoms with E-state index in [0.717, 1.165) is 6.08 Å². The van der Waals surface area contributed by atoms with Crippen molar-refractivity contribution in [3.05, 3.63) is 33.4 Å². The average molecular weight is 191 g/mol. The van der Waals surface area contributed by atoms with Crippen LogP contribution in [0.2, 0.25) is 0 Å². The third kappa shape index (κ3) is 1.22. The molecule has 5 nitrogen and oxygen atoms in total. The third-order valence-electron chi connectivity index (χ3n) is 1.63. The normalized spacial score (nSPS) is 34.6. The first-order chi connectivity index (χ1) is 5.48. The molecule has 0 aromatic carbocycles. The van der Waals surface area contributed by atoms with E-state index in [1.54, 1.807) is 0 Å². The Bertz CT molecular complexity index is 276. The molecule has 1 aliphatic carbocycles. The highest BCUT2D eigenvalue weighted by atomic mass is 35.5. The van der Waals surface area contributed by atoms with Gasteiger partial charge in [-0.1, -0.05) is 17.7 Å². The van der Waals surface area contributed by atoms with E-state index in [2.05, 4.69) is 0 Å². The number of nitro groups is 1. The van der Waals surface area contributed by atoms with Crippen LogP contribution in [0.15, 0.2) is 23.3 Å². The van der Waals surface area contributed by atoms with Gasteiger partial charge in [-0.05, 0) is 6.08 Å². The van der Waals surface area contributed by atoms with E-state index >= 15 is 0 Å². The van der Waals surface area contributed by atoms with Crippen LogP contribution in [0.1, 0.15) is 0 Å². The predicted octanol–water partition coefficient (Wildman–Crippen LogP) is -0.0285. The molecule has 0 heterocycles. The molecule has 2 unspecified atom stereocenters. The van der Waals surface area contributed by atoms with Crippen molar-refractivity contribution < 1.29 is 10.0 Å². The molecule has 1 rings (SSSR count). The second-order valence-corrected chi connectivity index (χ2v) is 2.89. The summed E-state index contributed by atoms with van der Waals surface area (Å²) in [5, 5.41) is 19.6. The molecule has 1 aliphatic rings. The first-order valence-corrected chi connectivity index (χ1v) is 3.52. The van der Waals surface area contributed by atoms with E-state index < -0.39 is 16.7 Å². The van der Waals surface area contributed by atoms with Crippen LogP contribution in [0.3, 0.4) is 0 Å². The van der Waals surface area contributed by atoms with E-state index in [1.807, 2.05) is 0 Å². The van der Waals surface area contributed by atoms with Crippen molar-refractivity contribution in [2.75, 3.05) is 0 Å². The standard InChI is InChI=1S/C6H7ClN2O3/c7-4-2-1-3-6(8,5(4)10)9(11)12/h1-3,5,10H,8H2. The van der Waals surface area contributed by atoms with Crippen molar-refractivity contribution >= 4 is 11.6 Å². The first-order valence-electron chi connectivity index (χ1n) is 3.15. The Balaban J connectivity index is 3.03. The number of nitrogens with two attached hydrogens (primary N) is 1. The summed E-state index contributed by atoms with van der Waals surface area (Å²) >= 11 is 5.47. The second kappa shape index (κ2) is 2.85. The zero-order valence-corrected chi connectivity index (χ0v) is 6.73. The van der Waals surface area contributed by atoms with Gasteiger partial charge in [-0.3, -0.25) is 15.8 Å². The minimum Gasteiger partial charge on any atom is -0.379 e. The molecule has 0 fully saturated rings.